The number of nitrogens with two attached hydrogens (primary N) is 1. The van der Waals surface area contributed by atoms with Crippen molar-refractivity contribution in [1.82, 2.24) is 4.98 Å². The average molecular weight is 398 g/mol. The van der Waals surface area contributed by atoms with Crippen molar-refractivity contribution < 1.29 is 13.2 Å². The summed E-state index contributed by atoms with van der Waals surface area (Å²) >= 11 is 10.2. The number of hydrogen-bond acceptors (Lipinski definition) is 3. The molecule has 1 aromatic heterocycles. The fraction of sp³-hybridized carbons (Fsp3) is 0.154. The molecule has 2 aromatic rings. The van der Waals surface area contributed by atoms with Gasteiger partial charge in [0.15, 0.2) is 0 Å². The summed E-state index contributed by atoms with van der Waals surface area (Å²) in [6, 6.07) is 5.25. The molecule has 0 bridgehead atoms. The highest BCUT2D eigenvalue weighted by molar-refractivity contribution is 9.10. The lowest BCUT2D eigenvalue weighted by Gasteiger charge is -2.13. The molecule has 112 valence electrons. The van der Waals surface area contributed by atoms with Crippen LogP contribution in [0.5, 0.6) is 0 Å². The van der Waals surface area contributed by atoms with E-state index in [2.05, 4.69) is 20.9 Å². The van der Waals surface area contributed by atoms with Crippen LogP contribution in [0.1, 0.15) is 11.1 Å². The minimum Gasteiger partial charge on any atom is -0.383 e. The highest BCUT2D eigenvalue weighted by Crippen LogP contribution is 2.37. The predicted molar refractivity (Wildman–Crippen MR) is 82.4 cm³/mol. The molecule has 0 aliphatic heterocycles. The number of pyridine rings is 1. The summed E-state index contributed by atoms with van der Waals surface area (Å²) in [4.78, 5) is 4.55. The average Bonchev–Trinajstić information content (AvgIpc) is 2.38. The quantitative estimate of drug-likeness (QED) is 0.706. The lowest BCUT2D eigenvalue weighted by Crippen LogP contribution is -2.08. The van der Waals surface area contributed by atoms with Crippen LogP contribution in [0.15, 0.2) is 39.8 Å². The molecule has 0 radical (unpaired) electrons. The summed E-state index contributed by atoms with van der Waals surface area (Å²) < 4.78 is 39.6. The van der Waals surface area contributed by atoms with E-state index >= 15 is 0 Å². The van der Waals surface area contributed by atoms with Crippen molar-refractivity contribution in [2.24, 2.45) is 0 Å². The maximum absolute atomic E-state index is 13.0. The second kappa shape index (κ2) is 6.46. The van der Waals surface area contributed by atoms with Gasteiger partial charge in [0.05, 0.1) is 10.5 Å². The molecular weight excluding hydrogens is 389 g/mol. The monoisotopic (exact) mass is 396 g/mol. The molecule has 21 heavy (non-hydrogen) atoms. The van der Waals surface area contributed by atoms with E-state index in [1.54, 1.807) is 6.07 Å². The van der Waals surface area contributed by atoms with E-state index in [1.165, 1.54) is 30.1 Å². The molecule has 0 saturated carbocycles. The third-order valence-electron chi connectivity index (χ3n) is 2.60. The van der Waals surface area contributed by atoms with Gasteiger partial charge < -0.3 is 5.73 Å². The number of anilines is 1. The van der Waals surface area contributed by atoms with Gasteiger partial charge in [-0.3, -0.25) is 0 Å². The van der Waals surface area contributed by atoms with Gasteiger partial charge >= 0.3 is 6.18 Å². The zero-order chi connectivity index (χ0) is 15.6. The van der Waals surface area contributed by atoms with Crippen molar-refractivity contribution in [1.29, 1.82) is 0 Å². The number of nitrogen functional groups attached to an aromatic ring is 1. The number of alkyl halides is 3. The lowest BCUT2D eigenvalue weighted by atomic mass is 10.1. The Morgan fingerprint density at radius 1 is 1.29 bits per heavy atom. The minimum atomic E-state index is -4.42. The van der Waals surface area contributed by atoms with Gasteiger partial charge in [0.2, 0.25) is 0 Å². The molecule has 0 aliphatic carbocycles. The third kappa shape index (κ3) is 4.28. The minimum absolute atomic E-state index is 0.0950. The van der Waals surface area contributed by atoms with Crippen LogP contribution in [0.4, 0.5) is 19.0 Å². The van der Waals surface area contributed by atoms with Gasteiger partial charge in [-0.15, -0.1) is 11.8 Å². The van der Waals surface area contributed by atoms with Crippen molar-refractivity contribution in [3.8, 4) is 0 Å². The second-order valence-corrected chi connectivity index (χ2v) is 6.49. The molecule has 0 spiro atoms. The summed E-state index contributed by atoms with van der Waals surface area (Å²) in [7, 11) is 0. The van der Waals surface area contributed by atoms with E-state index in [9.17, 15) is 13.2 Å². The Hall–Kier alpha value is -0.920. The topological polar surface area (TPSA) is 38.9 Å². The van der Waals surface area contributed by atoms with Gasteiger partial charge in [0.1, 0.15) is 5.82 Å². The molecule has 8 heteroatoms. The van der Waals surface area contributed by atoms with E-state index in [4.69, 9.17) is 17.3 Å². The molecular formula is C13H9BrClF3N2S. The maximum atomic E-state index is 13.0. The highest BCUT2D eigenvalue weighted by Gasteiger charge is 2.33. The summed E-state index contributed by atoms with van der Waals surface area (Å²) in [5.74, 6) is 0.372. The van der Waals surface area contributed by atoms with Crippen LogP contribution in [0, 0.1) is 0 Å². The summed E-state index contributed by atoms with van der Waals surface area (Å²) in [6.07, 6.45) is -2.89. The molecule has 2 N–H and O–H groups in total. The SMILES string of the molecule is Nc1ncc(Br)cc1SCc1cc(Cl)ccc1C(F)(F)F. The van der Waals surface area contributed by atoms with Crippen molar-refractivity contribution >= 4 is 45.1 Å². The fourth-order valence-corrected chi connectivity index (χ4v) is 3.30. The van der Waals surface area contributed by atoms with Crippen LogP contribution in [-0.2, 0) is 11.9 Å². The van der Waals surface area contributed by atoms with Crippen LogP contribution in [0.3, 0.4) is 0 Å². The van der Waals surface area contributed by atoms with Gasteiger partial charge in [-0.1, -0.05) is 11.6 Å². The standard InChI is InChI=1S/C13H9BrClF3N2S/c14-8-4-11(12(19)20-5-8)21-6-7-3-9(15)1-2-10(7)13(16,17)18/h1-5H,6H2,(H2,19,20). The number of halogens is 5. The van der Waals surface area contributed by atoms with Gasteiger partial charge in [-0.25, -0.2) is 4.98 Å². The first-order valence-corrected chi connectivity index (χ1v) is 7.82. The van der Waals surface area contributed by atoms with Crippen LogP contribution >= 0.6 is 39.3 Å². The summed E-state index contributed by atoms with van der Waals surface area (Å²) in [5.41, 5.74) is 5.12. The molecule has 1 aromatic carbocycles. The Morgan fingerprint density at radius 2 is 2.00 bits per heavy atom. The molecule has 0 fully saturated rings. The van der Waals surface area contributed by atoms with Gasteiger partial charge in [-0.2, -0.15) is 13.2 Å². The first kappa shape index (κ1) is 16.5. The van der Waals surface area contributed by atoms with E-state index in [-0.39, 0.29) is 22.2 Å². The molecule has 1 heterocycles. The van der Waals surface area contributed by atoms with Crippen molar-refractivity contribution in [2.45, 2.75) is 16.8 Å². The van der Waals surface area contributed by atoms with Crippen molar-refractivity contribution in [2.75, 3.05) is 5.73 Å². The first-order chi connectivity index (χ1) is 9.77. The molecule has 0 saturated heterocycles. The van der Waals surface area contributed by atoms with Crippen LogP contribution in [0.2, 0.25) is 5.02 Å². The Bertz CT molecular complexity index is 664. The zero-order valence-electron chi connectivity index (χ0n) is 10.4. The Balaban J connectivity index is 2.27. The van der Waals surface area contributed by atoms with Crippen LogP contribution < -0.4 is 5.73 Å². The van der Waals surface area contributed by atoms with E-state index in [0.29, 0.717) is 9.37 Å². The lowest BCUT2D eigenvalue weighted by molar-refractivity contribution is -0.138. The maximum Gasteiger partial charge on any atom is 0.416 e. The number of rotatable bonds is 3. The van der Waals surface area contributed by atoms with Crippen molar-refractivity contribution in [3.63, 3.8) is 0 Å². The number of aromatic nitrogens is 1. The van der Waals surface area contributed by atoms with E-state index < -0.39 is 11.7 Å². The van der Waals surface area contributed by atoms with Crippen LogP contribution in [0.25, 0.3) is 0 Å². The smallest absolute Gasteiger partial charge is 0.383 e. The number of thioether (sulfide) groups is 1. The highest BCUT2D eigenvalue weighted by atomic mass is 79.9. The number of nitrogens with zero attached hydrogens (tertiary/aromatic N) is 1. The molecule has 0 aliphatic rings. The zero-order valence-corrected chi connectivity index (χ0v) is 13.6. The van der Waals surface area contributed by atoms with Gasteiger partial charge in [0.25, 0.3) is 0 Å². The summed E-state index contributed by atoms with van der Waals surface area (Å²) in [6.45, 7) is 0. The normalized spacial score (nSPS) is 11.7. The summed E-state index contributed by atoms with van der Waals surface area (Å²) in [5, 5.41) is 0.263. The molecule has 0 atom stereocenters. The number of hydrogen-bond donors (Lipinski definition) is 1. The predicted octanol–water partition coefficient (Wildman–Crippen LogP) is 5.39. The first-order valence-electron chi connectivity index (χ1n) is 5.67. The molecule has 0 unspecified atom stereocenters. The molecule has 2 nitrogen and oxygen atoms in total. The van der Waals surface area contributed by atoms with Gasteiger partial charge in [0, 0.05) is 21.4 Å². The van der Waals surface area contributed by atoms with Crippen LogP contribution in [-0.4, -0.2) is 4.98 Å². The van der Waals surface area contributed by atoms with E-state index in [0.717, 1.165) is 6.07 Å². The van der Waals surface area contributed by atoms with Gasteiger partial charge in [-0.05, 0) is 45.8 Å². The molecule has 0 amide bonds. The second-order valence-electron chi connectivity index (χ2n) is 4.12. The number of benzene rings is 1. The van der Waals surface area contributed by atoms with Crippen molar-refractivity contribution in [3.05, 3.63) is 51.1 Å². The molecule has 2 rings (SSSR count). The Morgan fingerprint density at radius 3 is 2.67 bits per heavy atom. The fourth-order valence-electron chi connectivity index (χ4n) is 1.66. The Kier molecular flexibility index (Phi) is 5.06. The largest absolute Gasteiger partial charge is 0.416 e. The van der Waals surface area contributed by atoms with E-state index in [1.807, 2.05) is 0 Å². The third-order valence-corrected chi connectivity index (χ3v) is 4.37. The Labute approximate surface area is 137 Å².